The van der Waals surface area contributed by atoms with Crippen LogP contribution in [0.2, 0.25) is 0 Å². The van der Waals surface area contributed by atoms with E-state index in [1.807, 2.05) is 30.0 Å². The number of benzene rings is 1. The zero-order valence-electron chi connectivity index (χ0n) is 12.5. The molecule has 4 nitrogen and oxygen atoms in total. The van der Waals surface area contributed by atoms with E-state index in [1.165, 1.54) is 5.56 Å². The fourth-order valence-corrected chi connectivity index (χ4v) is 2.82. The number of rotatable bonds is 4. The van der Waals surface area contributed by atoms with Gasteiger partial charge in [-0.1, -0.05) is 37.3 Å². The van der Waals surface area contributed by atoms with Crippen molar-refractivity contribution in [3.05, 3.63) is 35.9 Å². The topological polar surface area (TPSA) is 49.6 Å². The van der Waals surface area contributed by atoms with E-state index in [1.54, 1.807) is 0 Å². The summed E-state index contributed by atoms with van der Waals surface area (Å²) in [4.78, 5) is 17.0. The Morgan fingerprint density at radius 2 is 2.05 bits per heavy atom. The van der Waals surface area contributed by atoms with Crippen molar-refractivity contribution < 1.29 is 4.79 Å². The SMILES string of the molecule is CCC(CN)C(=O)N1CCN(C)CC1c1ccccc1. The van der Waals surface area contributed by atoms with E-state index < -0.39 is 0 Å². The monoisotopic (exact) mass is 275 g/mol. The lowest BCUT2D eigenvalue weighted by Crippen LogP contribution is -2.51. The Balaban J connectivity index is 2.22. The van der Waals surface area contributed by atoms with E-state index >= 15 is 0 Å². The molecule has 1 saturated heterocycles. The highest BCUT2D eigenvalue weighted by atomic mass is 16.2. The van der Waals surface area contributed by atoms with Crippen LogP contribution in [0.5, 0.6) is 0 Å². The standard InChI is InChI=1S/C16H25N3O/c1-3-13(11-17)16(20)19-10-9-18(2)12-15(19)14-7-5-4-6-8-14/h4-8,13,15H,3,9-12,17H2,1-2H3. The molecule has 2 atom stereocenters. The summed E-state index contributed by atoms with van der Waals surface area (Å²) in [5, 5.41) is 0. The third-order valence-electron chi connectivity index (χ3n) is 4.18. The first-order valence-electron chi connectivity index (χ1n) is 7.41. The van der Waals surface area contributed by atoms with E-state index in [4.69, 9.17) is 5.73 Å². The summed E-state index contributed by atoms with van der Waals surface area (Å²) in [6.45, 7) is 5.06. The van der Waals surface area contributed by atoms with Crippen molar-refractivity contribution in [3.8, 4) is 0 Å². The van der Waals surface area contributed by atoms with Gasteiger partial charge in [-0.05, 0) is 19.0 Å². The predicted molar refractivity (Wildman–Crippen MR) is 81.2 cm³/mol. The van der Waals surface area contributed by atoms with Gasteiger partial charge in [0.15, 0.2) is 0 Å². The molecular weight excluding hydrogens is 250 g/mol. The fourth-order valence-electron chi connectivity index (χ4n) is 2.82. The first-order valence-corrected chi connectivity index (χ1v) is 7.41. The Labute approximate surface area is 121 Å². The van der Waals surface area contributed by atoms with Crippen LogP contribution in [-0.2, 0) is 4.79 Å². The van der Waals surface area contributed by atoms with Crippen molar-refractivity contribution in [2.45, 2.75) is 19.4 Å². The molecule has 110 valence electrons. The zero-order chi connectivity index (χ0) is 14.5. The largest absolute Gasteiger partial charge is 0.333 e. The number of nitrogens with zero attached hydrogens (tertiary/aromatic N) is 2. The number of hydrogen-bond acceptors (Lipinski definition) is 3. The highest BCUT2D eigenvalue weighted by Crippen LogP contribution is 2.26. The minimum absolute atomic E-state index is 0.0513. The van der Waals surface area contributed by atoms with Crippen LogP contribution < -0.4 is 5.73 Å². The molecule has 2 N–H and O–H groups in total. The van der Waals surface area contributed by atoms with Crippen LogP contribution in [0.1, 0.15) is 24.9 Å². The molecule has 0 aromatic heterocycles. The van der Waals surface area contributed by atoms with Gasteiger partial charge in [0.2, 0.25) is 5.91 Å². The van der Waals surface area contributed by atoms with Crippen LogP contribution in [0.4, 0.5) is 0 Å². The second kappa shape index (κ2) is 6.86. The molecule has 0 aliphatic carbocycles. The van der Waals surface area contributed by atoms with Gasteiger partial charge in [-0.2, -0.15) is 0 Å². The third-order valence-corrected chi connectivity index (χ3v) is 4.18. The number of piperazine rings is 1. The molecular formula is C16H25N3O. The molecule has 1 amide bonds. The number of hydrogen-bond donors (Lipinski definition) is 1. The number of amides is 1. The molecule has 1 aromatic rings. The van der Waals surface area contributed by atoms with Crippen LogP contribution >= 0.6 is 0 Å². The van der Waals surface area contributed by atoms with Gasteiger partial charge in [0.25, 0.3) is 0 Å². The van der Waals surface area contributed by atoms with Gasteiger partial charge < -0.3 is 15.5 Å². The summed E-state index contributed by atoms with van der Waals surface area (Å²) in [6, 6.07) is 10.4. The number of likely N-dealkylation sites (N-methyl/N-ethyl adjacent to an activating group) is 1. The maximum Gasteiger partial charge on any atom is 0.227 e. The molecule has 0 spiro atoms. The van der Waals surface area contributed by atoms with E-state index in [0.29, 0.717) is 6.54 Å². The predicted octanol–water partition coefficient (Wildman–Crippen LogP) is 1.49. The smallest absolute Gasteiger partial charge is 0.227 e. The number of carbonyl (C=O) groups excluding carboxylic acids is 1. The van der Waals surface area contributed by atoms with Crippen LogP contribution in [0.15, 0.2) is 30.3 Å². The van der Waals surface area contributed by atoms with Crippen molar-refractivity contribution in [3.63, 3.8) is 0 Å². The van der Waals surface area contributed by atoms with Crippen LogP contribution in [0.3, 0.4) is 0 Å². The molecule has 2 unspecified atom stereocenters. The third kappa shape index (κ3) is 3.19. The quantitative estimate of drug-likeness (QED) is 0.905. The molecule has 1 aliphatic rings. The Morgan fingerprint density at radius 1 is 1.35 bits per heavy atom. The van der Waals surface area contributed by atoms with Gasteiger partial charge in [-0.15, -0.1) is 0 Å². The van der Waals surface area contributed by atoms with Gasteiger partial charge >= 0.3 is 0 Å². The lowest BCUT2D eigenvalue weighted by atomic mass is 9.98. The van der Waals surface area contributed by atoms with Crippen molar-refractivity contribution in [2.75, 3.05) is 33.2 Å². The maximum atomic E-state index is 12.7. The summed E-state index contributed by atoms with van der Waals surface area (Å²) in [5.41, 5.74) is 6.95. The summed E-state index contributed by atoms with van der Waals surface area (Å²) >= 11 is 0. The molecule has 2 rings (SSSR count). The van der Waals surface area contributed by atoms with Crippen molar-refractivity contribution in [1.29, 1.82) is 0 Å². The normalized spacial score (nSPS) is 21.8. The van der Waals surface area contributed by atoms with Gasteiger partial charge in [-0.25, -0.2) is 0 Å². The first-order chi connectivity index (χ1) is 9.67. The van der Waals surface area contributed by atoms with Gasteiger partial charge in [0, 0.05) is 26.2 Å². The lowest BCUT2D eigenvalue weighted by molar-refractivity contribution is -0.140. The Hall–Kier alpha value is -1.39. The molecule has 0 bridgehead atoms. The molecule has 0 radical (unpaired) electrons. The van der Waals surface area contributed by atoms with Crippen molar-refractivity contribution in [2.24, 2.45) is 11.7 Å². The Kier molecular flexibility index (Phi) is 5.15. The molecule has 1 aliphatic heterocycles. The molecule has 1 heterocycles. The van der Waals surface area contributed by atoms with Crippen molar-refractivity contribution in [1.82, 2.24) is 9.80 Å². The minimum atomic E-state index is -0.0513. The average Bonchev–Trinajstić information content (AvgIpc) is 2.49. The fraction of sp³-hybridized carbons (Fsp3) is 0.562. The minimum Gasteiger partial charge on any atom is -0.333 e. The summed E-state index contributed by atoms with van der Waals surface area (Å²) in [7, 11) is 2.11. The lowest BCUT2D eigenvalue weighted by Gasteiger charge is -2.41. The molecule has 1 aromatic carbocycles. The van der Waals surface area contributed by atoms with Gasteiger partial charge in [0.1, 0.15) is 0 Å². The van der Waals surface area contributed by atoms with Crippen LogP contribution in [-0.4, -0.2) is 48.9 Å². The Bertz CT molecular complexity index is 431. The Morgan fingerprint density at radius 3 is 2.65 bits per heavy atom. The van der Waals surface area contributed by atoms with E-state index in [-0.39, 0.29) is 17.9 Å². The molecule has 20 heavy (non-hydrogen) atoms. The molecule has 4 heteroatoms. The summed E-state index contributed by atoms with van der Waals surface area (Å²) < 4.78 is 0. The molecule has 0 saturated carbocycles. The van der Waals surface area contributed by atoms with E-state index in [9.17, 15) is 4.79 Å². The second-order valence-corrected chi connectivity index (χ2v) is 5.56. The highest BCUT2D eigenvalue weighted by Gasteiger charge is 2.32. The number of carbonyl (C=O) groups is 1. The molecule has 1 fully saturated rings. The van der Waals surface area contributed by atoms with Crippen molar-refractivity contribution >= 4 is 5.91 Å². The van der Waals surface area contributed by atoms with Crippen LogP contribution in [0, 0.1) is 5.92 Å². The van der Waals surface area contributed by atoms with E-state index in [0.717, 1.165) is 26.1 Å². The second-order valence-electron chi connectivity index (χ2n) is 5.56. The van der Waals surface area contributed by atoms with Gasteiger partial charge in [-0.3, -0.25) is 4.79 Å². The maximum absolute atomic E-state index is 12.7. The summed E-state index contributed by atoms with van der Waals surface area (Å²) in [5.74, 6) is 0.154. The zero-order valence-corrected chi connectivity index (χ0v) is 12.5. The summed E-state index contributed by atoms with van der Waals surface area (Å²) in [6.07, 6.45) is 0.809. The first kappa shape index (κ1) is 15.0. The van der Waals surface area contributed by atoms with Crippen LogP contribution in [0.25, 0.3) is 0 Å². The van der Waals surface area contributed by atoms with Gasteiger partial charge in [0.05, 0.1) is 12.0 Å². The average molecular weight is 275 g/mol. The van der Waals surface area contributed by atoms with E-state index in [2.05, 4.69) is 24.1 Å². The number of nitrogens with two attached hydrogens (primary N) is 1. The highest BCUT2D eigenvalue weighted by molar-refractivity contribution is 5.79.